The second kappa shape index (κ2) is 6.47. The number of pyridine rings is 1. The van der Waals surface area contributed by atoms with Crippen molar-refractivity contribution in [3.05, 3.63) is 58.8 Å². The molecule has 0 saturated heterocycles. The largest absolute Gasteiger partial charge is 0.307 e. The average Bonchev–Trinajstić information content (AvgIpc) is 2.79. The van der Waals surface area contributed by atoms with Crippen LogP contribution in [-0.2, 0) is 0 Å². The van der Waals surface area contributed by atoms with Gasteiger partial charge in [0.2, 0.25) is 0 Å². The molecule has 0 saturated carbocycles. The maximum atomic E-state index is 12.5. The summed E-state index contributed by atoms with van der Waals surface area (Å²) in [5, 5.41) is 2.70. The number of hydrogen-bond donors (Lipinski definition) is 1. The van der Waals surface area contributed by atoms with Gasteiger partial charge in [0.1, 0.15) is 5.82 Å². The molecular formula is C19H19N3O3. The van der Waals surface area contributed by atoms with Crippen LogP contribution in [0, 0.1) is 12.8 Å². The lowest BCUT2D eigenvalue weighted by Crippen LogP contribution is -2.33. The molecule has 1 aromatic heterocycles. The Morgan fingerprint density at radius 2 is 1.84 bits per heavy atom. The number of carbonyl (C=O) groups excluding carboxylic acids is 3. The van der Waals surface area contributed by atoms with Crippen LogP contribution in [0.4, 0.5) is 5.82 Å². The number of imide groups is 1. The zero-order chi connectivity index (χ0) is 18.1. The molecule has 0 fully saturated rings. The van der Waals surface area contributed by atoms with Crippen molar-refractivity contribution in [2.24, 2.45) is 5.92 Å². The van der Waals surface area contributed by atoms with Gasteiger partial charge in [-0.3, -0.25) is 19.3 Å². The predicted molar refractivity (Wildman–Crippen MR) is 93.6 cm³/mol. The van der Waals surface area contributed by atoms with Crippen molar-refractivity contribution in [1.29, 1.82) is 0 Å². The molecule has 6 heteroatoms. The summed E-state index contributed by atoms with van der Waals surface area (Å²) < 4.78 is 0. The Bertz CT molecular complexity index is 874. The van der Waals surface area contributed by atoms with Gasteiger partial charge < -0.3 is 5.32 Å². The minimum atomic E-state index is -0.372. The highest BCUT2D eigenvalue weighted by Gasteiger charge is 2.36. The number of nitrogens with zero attached hydrogens (tertiary/aromatic N) is 2. The predicted octanol–water partition coefficient (Wildman–Crippen LogP) is 2.89. The second-order valence-corrected chi connectivity index (χ2v) is 6.55. The monoisotopic (exact) mass is 337 g/mol. The Morgan fingerprint density at radius 1 is 1.12 bits per heavy atom. The average molecular weight is 337 g/mol. The fourth-order valence-corrected chi connectivity index (χ4v) is 2.76. The molecule has 2 heterocycles. The molecule has 0 unspecified atom stereocenters. The number of hydrogen-bond acceptors (Lipinski definition) is 4. The van der Waals surface area contributed by atoms with Crippen LogP contribution >= 0.6 is 0 Å². The quantitative estimate of drug-likeness (QED) is 0.870. The van der Waals surface area contributed by atoms with Gasteiger partial charge in [-0.15, -0.1) is 0 Å². The molecule has 0 radical (unpaired) electrons. The number of nitrogens with one attached hydrogen (secondary N) is 1. The first kappa shape index (κ1) is 16.8. The fourth-order valence-electron chi connectivity index (χ4n) is 2.76. The van der Waals surface area contributed by atoms with E-state index in [0.717, 1.165) is 5.56 Å². The van der Waals surface area contributed by atoms with Gasteiger partial charge in [-0.2, -0.15) is 0 Å². The molecule has 2 aromatic rings. The number of carbonyl (C=O) groups is 3. The normalized spacial score (nSPS) is 13.4. The highest BCUT2D eigenvalue weighted by atomic mass is 16.2. The van der Waals surface area contributed by atoms with Crippen molar-refractivity contribution in [2.45, 2.75) is 20.8 Å². The van der Waals surface area contributed by atoms with Crippen molar-refractivity contribution in [3.63, 3.8) is 0 Å². The minimum Gasteiger partial charge on any atom is -0.307 e. The lowest BCUT2D eigenvalue weighted by molar-refractivity contribution is 0.0636. The smallest absolute Gasteiger partial charge is 0.261 e. The summed E-state index contributed by atoms with van der Waals surface area (Å²) in [5.74, 6) is -0.409. The second-order valence-electron chi connectivity index (χ2n) is 6.55. The molecule has 3 rings (SSSR count). The Hall–Kier alpha value is -3.02. The summed E-state index contributed by atoms with van der Waals surface area (Å²) in [5.41, 5.74) is 1.91. The maximum Gasteiger partial charge on any atom is 0.261 e. The SMILES string of the molecule is Cc1ccnc(NC(=O)c2ccc3c(c2)C(=O)N(CC(C)C)C3=O)c1. The van der Waals surface area contributed by atoms with Crippen LogP contribution in [0.5, 0.6) is 0 Å². The third-order valence-corrected chi connectivity index (χ3v) is 3.94. The molecule has 1 aromatic carbocycles. The van der Waals surface area contributed by atoms with Crippen LogP contribution in [0.1, 0.15) is 50.5 Å². The van der Waals surface area contributed by atoms with Crippen molar-refractivity contribution < 1.29 is 14.4 Å². The fraction of sp³-hybridized carbons (Fsp3) is 0.263. The van der Waals surface area contributed by atoms with Crippen LogP contribution in [-0.4, -0.2) is 34.2 Å². The molecule has 25 heavy (non-hydrogen) atoms. The maximum absolute atomic E-state index is 12.5. The molecular weight excluding hydrogens is 318 g/mol. The van der Waals surface area contributed by atoms with Crippen molar-refractivity contribution in [1.82, 2.24) is 9.88 Å². The van der Waals surface area contributed by atoms with Gasteiger partial charge in [-0.25, -0.2) is 4.98 Å². The molecule has 3 amide bonds. The number of amides is 3. The lowest BCUT2D eigenvalue weighted by atomic mass is 10.1. The number of aryl methyl sites for hydroxylation is 1. The van der Waals surface area contributed by atoms with Crippen LogP contribution in [0.3, 0.4) is 0 Å². The molecule has 1 N–H and O–H groups in total. The van der Waals surface area contributed by atoms with E-state index in [9.17, 15) is 14.4 Å². The van der Waals surface area contributed by atoms with E-state index in [0.29, 0.717) is 23.5 Å². The van der Waals surface area contributed by atoms with Gasteiger partial charge in [0, 0.05) is 18.3 Å². The van der Waals surface area contributed by atoms with Crippen LogP contribution in [0.25, 0.3) is 0 Å². The van der Waals surface area contributed by atoms with E-state index in [4.69, 9.17) is 0 Å². The number of rotatable bonds is 4. The van der Waals surface area contributed by atoms with Crippen molar-refractivity contribution in [2.75, 3.05) is 11.9 Å². The van der Waals surface area contributed by atoms with Gasteiger partial charge >= 0.3 is 0 Å². The highest BCUT2D eigenvalue weighted by Crippen LogP contribution is 2.25. The third kappa shape index (κ3) is 3.28. The Kier molecular flexibility index (Phi) is 4.35. The minimum absolute atomic E-state index is 0.178. The number of fused-ring (bicyclic) bond motifs is 1. The zero-order valence-corrected chi connectivity index (χ0v) is 14.4. The van der Waals surface area contributed by atoms with E-state index in [1.807, 2.05) is 26.8 Å². The summed E-state index contributed by atoms with van der Waals surface area (Å²) >= 11 is 0. The summed E-state index contributed by atoms with van der Waals surface area (Å²) in [4.78, 5) is 42.6. The molecule has 128 valence electrons. The lowest BCUT2D eigenvalue weighted by Gasteiger charge is -2.15. The van der Waals surface area contributed by atoms with E-state index in [1.165, 1.54) is 17.0 Å². The summed E-state index contributed by atoms with van der Waals surface area (Å²) in [7, 11) is 0. The van der Waals surface area contributed by atoms with Gasteiger partial charge in [0.25, 0.3) is 17.7 Å². The van der Waals surface area contributed by atoms with Crippen LogP contribution < -0.4 is 5.32 Å². The van der Waals surface area contributed by atoms with Crippen molar-refractivity contribution >= 4 is 23.5 Å². The first-order valence-electron chi connectivity index (χ1n) is 8.11. The van der Waals surface area contributed by atoms with Gasteiger partial charge in [0.05, 0.1) is 11.1 Å². The molecule has 1 aliphatic heterocycles. The number of benzene rings is 1. The van der Waals surface area contributed by atoms with Crippen molar-refractivity contribution in [3.8, 4) is 0 Å². The summed E-state index contributed by atoms with van der Waals surface area (Å²) in [6, 6.07) is 8.15. The van der Waals surface area contributed by atoms with E-state index in [-0.39, 0.29) is 29.2 Å². The van der Waals surface area contributed by atoms with Gasteiger partial charge in [-0.1, -0.05) is 13.8 Å². The highest BCUT2D eigenvalue weighted by molar-refractivity contribution is 6.22. The Labute approximate surface area is 145 Å². The zero-order valence-electron chi connectivity index (χ0n) is 14.4. The van der Waals surface area contributed by atoms with E-state index < -0.39 is 0 Å². The van der Waals surface area contributed by atoms with E-state index in [1.54, 1.807) is 18.3 Å². The third-order valence-electron chi connectivity index (χ3n) is 3.94. The Balaban J connectivity index is 1.85. The number of aromatic nitrogens is 1. The summed E-state index contributed by atoms with van der Waals surface area (Å²) in [6.07, 6.45) is 1.61. The van der Waals surface area contributed by atoms with E-state index in [2.05, 4.69) is 10.3 Å². The number of anilines is 1. The molecule has 6 nitrogen and oxygen atoms in total. The molecule has 0 atom stereocenters. The summed E-state index contributed by atoms with van der Waals surface area (Å²) in [6.45, 7) is 6.15. The van der Waals surface area contributed by atoms with Gasteiger partial charge in [-0.05, 0) is 48.7 Å². The van der Waals surface area contributed by atoms with E-state index >= 15 is 0 Å². The standard InChI is InChI=1S/C19H19N3O3/c1-11(2)10-22-18(24)14-5-4-13(9-15(14)19(22)25)17(23)21-16-8-12(3)6-7-20-16/h4-9,11H,10H2,1-3H3,(H,20,21,23). The molecule has 1 aliphatic rings. The van der Waals surface area contributed by atoms with Crippen LogP contribution in [0.2, 0.25) is 0 Å². The van der Waals surface area contributed by atoms with Crippen LogP contribution in [0.15, 0.2) is 36.5 Å². The first-order valence-corrected chi connectivity index (χ1v) is 8.11. The molecule has 0 aliphatic carbocycles. The molecule has 0 spiro atoms. The Morgan fingerprint density at radius 3 is 2.52 bits per heavy atom. The topological polar surface area (TPSA) is 79.4 Å². The molecule has 0 bridgehead atoms. The first-order chi connectivity index (χ1) is 11.9. The van der Waals surface area contributed by atoms with Gasteiger partial charge in [0.15, 0.2) is 0 Å².